The number of aromatic amines is 1. The van der Waals surface area contributed by atoms with E-state index in [2.05, 4.69) is 25.5 Å². The third kappa shape index (κ3) is 3.92. The molecule has 2 heterocycles. The van der Waals surface area contributed by atoms with Crippen molar-refractivity contribution in [1.29, 1.82) is 0 Å². The summed E-state index contributed by atoms with van der Waals surface area (Å²) in [6, 6.07) is 10.7. The number of thioether (sulfide) groups is 1. The van der Waals surface area contributed by atoms with Crippen molar-refractivity contribution in [1.82, 2.24) is 20.2 Å². The molecule has 8 heteroatoms. The van der Waals surface area contributed by atoms with E-state index in [1.165, 1.54) is 24.0 Å². The second kappa shape index (κ2) is 7.01. The van der Waals surface area contributed by atoms with Gasteiger partial charge in [-0.25, -0.2) is 4.39 Å². The molecule has 0 aliphatic carbocycles. The molecular weight excluding hydrogens is 317 g/mol. The largest absolute Gasteiger partial charge is 0.325 e. The van der Waals surface area contributed by atoms with Gasteiger partial charge >= 0.3 is 0 Å². The fourth-order valence-electron chi connectivity index (χ4n) is 1.85. The van der Waals surface area contributed by atoms with Gasteiger partial charge in [0.15, 0.2) is 16.8 Å². The highest BCUT2D eigenvalue weighted by Crippen LogP contribution is 2.21. The van der Waals surface area contributed by atoms with E-state index >= 15 is 0 Å². The number of nitrogens with zero attached hydrogens (tertiary/aromatic N) is 3. The number of amides is 1. The van der Waals surface area contributed by atoms with Gasteiger partial charge in [0, 0.05) is 11.9 Å². The summed E-state index contributed by atoms with van der Waals surface area (Å²) in [5.74, 6) is -0.172. The number of anilines is 1. The van der Waals surface area contributed by atoms with Gasteiger partial charge in [-0.1, -0.05) is 30.0 Å². The molecule has 0 spiro atoms. The molecule has 0 aliphatic rings. The van der Waals surface area contributed by atoms with Gasteiger partial charge in [-0.15, -0.1) is 10.2 Å². The lowest BCUT2D eigenvalue weighted by Crippen LogP contribution is -2.13. The molecule has 0 saturated heterocycles. The standard InChI is InChI=1S/C15H12FN5OS/c16-12-8-17-7-6-11(12)14-19-15(21-20-14)23-9-13(22)18-10-4-2-1-3-5-10/h1-8H,9H2,(H,18,22)(H,19,20,21). The molecule has 2 aromatic heterocycles. The zero-order chi connectivity index (χ0) is 16.1. The van der Waals surface area contributed by atoms with Crippen LogP contribution in [0.5, 0.6) is 0 Å². The number of pyridine rings is 1. The van der Waals surface area contributed by atoms with Gasteiger partial charge in [-0.2, -0.15) is 0 Å². The van der Waals surface area contributed by atoms with Crippen LogP contribution in [0.2, 0.25) is 0 Å². The van der Waals surface area contributed by atoms with Crippen LogP contribution in [0.1, 0.15) is 0 Å². The normalized spacial score (nSPS) is 10.5. The quantitative estimate of drug-likeness (QED) is 0.703. The lowest BCUT2D eigenvalue weighted by molar-refractivity contribution is -0.113. The Labute approximate surface area is 135 Å². The fourth-order valence-corrected chi connectivity index (χ4v) is 2.46. The Morgan fingerprint density at radius 3 is 2.83 bits per heavy atom. The van der Waals surface area contributed by atoms with E-state index < -0.39 is 5.82 Å². The van der Waals surface area contributed by atoms with Crippen LogP contribution >= 0.6 is 11.8 Å². The van der Waals surface area contributed by atoms with Gasteiger partial charge in [-0.05, 0) is 18.2 Å². The van der Waals surface area contributed by atoms with Crippen LogP contribution in [0.25, 0.3) is 11.4 Å². The van der Waals surface area contributed by atoms with Gasteiger partial charge in [0.2, 0.25) is 5.91 Å². The minimum atomic E-state index is -0.484. The predicted octanol–water partition coefficient (Wildman–Crippen LogP) is 2.74. The summed E-state index contributed by atoms with van der Waals surface area (Å²) < 4.78 is 13.6. The number of H-pyrrole nitrogens is 1. The second-order valence-electron chi connectivity index (χ2n) is 4.54. The molecule has 1 amide bonds. The maximum absolute atomic E-state index is 13.6. The highest BCUT2D eigenvalue weighted by molar-refractivity contribution is 7.99. The van der Waals surface area contributed by atoms with Crippen molar-refractivity contribution in [2.45, 2.75) is 5.16 Å². The van der Waals surface area contributed by atoms with Gasteiger partial charge in [0.05, 0.1) is 17.5 Å². The minimum Gasteiger partial charge on any atom is -0.325 e. The van der Waals surface area contributed by atoms with Crippen molar-refractivity contribution in [3.8, 4) is 11.4 Å². The Kier molecular flexibility index (Phi) is 4.62. The third-order valence-corrected chi connectivity index (χ3v) is 3.75. The molecule has 116 valence electrons. The molecule has 23 heavy (non-hydrogen) atoms. The molecule has 1 aromatic carbocycles. The molecule has 0 bridgehead atoms. The third-order valence-electron chi connectivity index (χ3n) is 2.89. The zero-order valence-corrected chi connectivity index (χ0v) is 12.7. The van der Waals surface area contributed by atoms with E-state index in [0.29, 0.717) is 11.0 Å². The average molecular weight is 329 g/mol. The van der Waals surface area contributed by atoms with Gasteiger partial charge in [0.1, 0.15) is 0 Å². The van der Waals surface area contributed by atoms with Crippen molar-refractivity contribution < 1.29 is 9.18 Å². The summed E-state index contributed by atoms with van der Waals surface area (Å²) in [5, 5.41) is 11.0. The van der Waals surface area contributed by atoms with Crippen LogP contribution in [0.3, 0.4) is 0 Å². The Bertz CT molecular complexity index is 808. The number of halogens is 1. The fraction of sp³-hybridized carbons (Fsp3) is 0.0667. The monoisotopic (exact) mass is 329 g/mol. The SMILES string of the molecule is O=C(CSc1nnc(-c2ccncc2F)[nH]1)Nc1ccccc1. The first kappa shape index (κ1) is 15.2. The topological polar surface area (TPSA) is 83.6 Å². The minimum absolute atomic E-state index is 0.158. The molecule has 2 N–H and O–H groups in total. The van der Waals surface area contributed by atoms with Gasteiger partial charge in [0.25, 0.3) is 0 Å². The lowest BCUT2D eigenvalue weighted by atomic mass is 10.2. The van der Waals surface area contributed by atoms with Gasteiger partial charge < -0.3 is 10.3 Å². The molecule has 3 rings (SSSR count). The van der Waals surface area contributed by atoms with E-state index in [9.17, 15) is 9.18 Å². The van der Waals surface area contributed by atoms with E-state index in [4.69, 9.17) is 0 Å². The van der Waals surface area contributed by atoms with Crippen molar-refractivity contribution in [2.75, 3.05) is 11.1 Å². The summed E-state index contributed by atoms with van der Waals surface area (Å²) in [6.07, 6.45) is 2.58. The molecule has 0 radical (unpaired) electrons. The van der Waals surface area contributed by atoms with Gasteiger partial charge in [-0.3, -0.25) is 9.78 Å². The number of aromatic nitrogens is 4. The molecule has 0 aliphatic heterocycles. The van der Waals surface area contributed by atoms with E-state index in [0.717, 1.165) is 11.9 Å². The number of hydrogen-bond donors (Lipinski definition) is 2. The number of rotatable bonds is 5. The lowest BCUT2D eigenvalue weighted by Gasteiger charge is -2.03. The van der Waals surface area contributed by atoms with E-state index in [1.54, 1.807) is 12.1 Å². The summed E-state index contributed by atoms with van der Waals surface area (Å²) in [6.45, 7) is 0. The number of carbonyl (C=O) groups excluding carboxylic acids is 1. The average Bonchev–Trinajstić information content (AvgIpc) is 3.03. The van der Waals surface area contributed by atoms with Crippen LogP contribution in [-0.4, -0.2) is 31.8 Å². The summed E-state index contributed by atoms with van der Waals surface area (Å²) in [7, 11) is 0. The number of hydrogen-bond acceptors (Lipinski definition) is 5. The Hall–Kier alpha value is -2.74. The number of carbonyl (C=O) groups is 1. The van der Waals surface area contributed by atoms with Crippen LogP contribution in [0.15, 0.2) is 53.9 Å². The number of nitrogens with one attached hydrogen (secondary N) is 2. The molecule has 0 unspecified atom stereocenters. The smallest absolute Gasteiger partial charge is 0.234 e. The van der Waals surface area contributed by atoms with E-state index in [1.807, 2.05) is 18.2 Å². The number of benzene rings is 1. The Morgan fingerprint density at radius 1 is 1.22 bits per heavy atom. The molecule has 0 atom stereocenters. The first-order valence-electron chi connectivity index (χ1n) is 6.72. The highest BCUT2D eigenvalue weighted by atomic mass is 32.2. The summed E-state index contributed by atoms with van der Waals surface area (Å²) in [5.41, 5.74) is 1.02. The van der Waals surface area contributed by atoms with Crippen LogP contribution in [-0.2, 0) is 4.79 Å². The second-order valence-corrected chi connectivity index (χ2v) is 5.50. The Balaban J connectivity index is 1.59. The Morgan fingerprint density at radius 2 is 2.04 bits per heavy atom. The first-order chi connectivity index (χ1) is 11.2. The van der Waals surface area contributed by atoms with Crippen molar-refractivity contribution in [2.24, 2.45) is 0 Å². The van der Waals surface area contributed by atoms with Crippen LogP contribution < -0.4 is 5.32 Å². The molecule has 3 aromatic rings. The van der Waals surface area contributed by atoms with Crippen molar-refractivity contribution in [3.63, 3.8) is 0 Å². The van der Waals surface area contributed by atoms with Crippen LogP contribution in [0, 0.1) is 5.82 Å². The maximum Gasteiger partial charge on any atom is 0.234 e. The first-order valence-corrected chi connectivity index (χ1v) is 7.71. The molecule has 0 saturated carbocycles. The van der Waals surface area contributed by atoms with E-state index in [-0.39, 0.29) is 17.2 Å². The molecular formula is C15H12FN5OS. The zero-order valence-electron chi connectivity index (χ0n) is 11.9. The maximum atomic E-state index is 13.6. The highest BCUT2D eigenvalue weighted by Gasteiger charge is 2.11. The predicted molar refractivity (Wildman–Crippen MR) is 85.4 cm³/mol. The molecule has 6 nitrogen and oxygen atoms in total. The summed E-state index contributed by atoms with van der Waals surface area (Å²) >= 11 is 1.19. The number of para-hydroxylation sites is 1. The van der Waals surface area contributed by atoms with Crippen LogP contribution in [0.4, 0.5) is 10.1 Å². The van der Waals surface area contributed by atoms with Crippen molar-refractivity contribution in [3.05, 3.63) is 54.6 Å². The van der Waals surface area contributed by atoms with Crippen molar-refractivity contribution >= 4 is 23.4 Å². The summed E-state index contributed by atoms with van der Waals surface area (Å²) in [4.78, 5) is 18.4. The molecule has 0 fully saturated rings.